The molecule has 30 heavy (non-hydrogen) atoms. The molecule has 1 saturated heterocycles. The van der Waals surface area contributed by atoms with Crippen LogP contribution in [0, 0.1) is 0 Å². The fourth-order valence-electron chi connectivity index (χ4n) is 4.11. The summed E-state index contributed by atoms with van der Waals surface area (Å²) in [6.45, 7) is 17.7. The van der Waals surface area contributed by atoms with Crippen molar-refractivity contribution in [1.29, 1.82) is 0 Å². The second-order valence-corrected chi connectivity index (χ2v) is 9.57. The van der Waals surface area contributed by atoms with Crippen LogP contribution in [0.15, 0.2) is 39.8 Å². The second-order valence-electron chi connectivity index (χ2n) is 9.57. The summed E-state index contributed by atoms with van der Waals surface area (Å²) in [4.78, 5) is 19.6. The Hall–Kier alpha value is -2.37. The Morgan fingerprint density at radius 2 is 1.90 bits per heavy atom. The Balaban J connectivity index is 1.71. The third-order valence-electron chi connectivity index (χ3n) is 6.38. The van der Waals surface area contributed by atoms with Gasteiger partial charge in [-0.1, -0.05) is 5.57 Å². The third-order valence-corrected chi connectivity index (χ3v) is 6.38. The van der Waals surface area contributed by atoms with Crippen LogP contribution in [0.4, 0.5) is 0 Å². The van der Waals surface area contributed by atoms with Gasteiger partial charge in [-0.3, -0.25) is 9.48 Å². The van der Waals surface area contributed by atoms with E-state index in [1.165, 1.54) is 0 Å². The lowest BCUT2D eigenvalue weighted by Crippen LogP contribution is -2.39. The lowest BCUT2D eigenvalue weighted by molar-refractivity contribution is -0.128. The van der Waals surface area contributed by atoms with Crippen LogP contribution < -0.4 is 5.32 Å². The van der Waals surface area contributed by atoms with Crippen molar-refractivity contribution in [1.82, 2.24) is 20.0 Å². The molecule has 6 heteroatoms. The van der Waals surface area contributed by atoms with Gasteiger partial charge in [0.15, 0.2) is 0 Å². The maximum absolute atomic E-state index is 13.4. The molecule has 1 saturated carbocycles. The second kappa shape index (κ2) is 8.78. The van der Waals surface area contributed by atoms with E-state index in [-0.39, 0.29) is 11.4 Å². The normalized spacial score (nSPS) is 19.4. The van der Waals surface area contributed by atoms with Gasteiger partial charge in [0.05, 0.1) is 5.69 Å². The number of likely N-dealkylation sites (tertiary alicyclic amines) is 1. The predicted octanol–water partition coefficient (Wildman–Crippen LogP) is 4.58. The fraction of sp³-hybridized carbons (Fsp3) is 0.625. The summed E-state index contributed by atoms with van der Waals surface area (Å²) in [5, 5.41) is 8.22. The van der Waals surface area contributed by atoms with Crippen LogP contribution in [-0.4, -0.2) is 45.9 Å². The van der Waals surface area contributed by atoms with Crippen molar-refractivity contribution in [3.63, 3.8) is 0 Å². The summed E-state index contributed by atoms with van der Waals surface area (Å²) in [5.74, 6) is 1.25. The molecular weight excluding hydrogens is 374 g/mol. The lowest BCUT2D eigenvalue weighted by atomic mass is 9.92. The summed E-state index contributed by atoms with van der Waals surface area (Å²) in [7, 11) is 0. The molecule has 1 N–H and O–H groups in total. The zero-order valence-corrected chi connectivity index (χ0v) is 19.5. The first-order chi connectivity index (χ1) is 14.1. The molecular formula is C24H37N5O. The highest BCUT2D eigenvalue weighted by Crippen LogP contribution is 2.36. The molecule has 3 rings (SSSR count). The monoisotopic (exact) mass is 411 g/mol. The summed E-state index contributed by atoms with van der Waals surface area (Å²) in [5.41, 5.74) is 3.90. The maximum Gasteiger partial charge on any atom is 0.254 e. The number of hydrogen-bond donors (Lipinski definition) is 1. The Labute approximate surface area is 181 Å². The Morgan fingerprint density at radius 3 is 2.37 bits per heavy atom. The van der Waals surface area contributed by atoms with E-state index in [4.69, 9.17) is 5.10 Å². The average molecular weight is 412 g/mol. The number of nitrogens with zero attached hydrogens (tertiary/aromatic N) is 4. The third kappa shape index (κ3) is 4.85. The minimum absolute atomic E-state index is 0.0886. The van der Waals surface area contributed by atoms with Gasteiger partial charge in [-0.25, -0.2) is 4.99 Å². The van der Waals surface area contributed by atoms with Crippen LogP contribution in [0.1, 0.15) is 84.9 Å². The molecule has 0 bridgehead atoms. The van der Waals surface area contributed by atoms with E-state index >= 15 is 0 Å². The van der Waals surface area contributed by atoms with Crippen LogP contribution >= 0.6 is 0 Å². The van der Waals surface area contributed by atoms with Crippen molar-refractivity contribution in [2.24, 2.45) is 4.99 Å². The summed E-state index contributed by atoms with van der Waals surface area (Å²) in [6, 6.07) is 2.50. The summed E-state index contributed by atoms with van der Waals surface area (Å²) < 4.78 is 2.01. The van der Waals surface area contributed by atoms with Gasteiger partial charge in [-0.2, -0.15) is 5.10 Å². The molecule has 1 aromatic heterocycles. The number of amides is 1. The first-order valence-electron chi connectivity index (χ1n) is 11.1. The van der Waals surface area contributed by atoms with Gasteiger partial charge < -0.3 is 10.2 Å². The highest BCUT2D eigenvalue weighted by molar-refractivity contribution is 5.98. The Kier molecular flexibility index (Phi) is 6.53. The standard InChI is InChI=1S/C24H37N5O/c1-16(2)21(18(5)22(25-7)26-24(6)11-12-24)23(30)28-13-8-19(9-14-28)20-10-15-29(27-20)17(3)4/h10,15,17,19,26H,7-9,11-14H2,1-6H3/b22-18-. The smallest absolute Gasteiger partial charge is 0.254 e. The first-order valence-corrected chi connectivity index (χ1v) is 11.1. The van der Waals surface area contributed by atoms with Gasteiger partial charge in [0.1, 0.15) is 5.82 Å². The van der Waals surface area contributed by atoms with Gasteiger partial charge in [0.25, 0.3) is 5.91 Å². The highest BCUT2D eigenvalue weighted by atomic mass is 16.2. The molecule has 0 aromatic carbocycles. The molecule has 0 spiro atoms. The van der Waals surface area contributed by atoms with E-state index in [1.54, 1.807) is 0 Å². The zero-order chi connectivity index (χ0) is 22.1. The van der Waals surface area contributed by atoms with Crippen molar-refractivity contribution in [3.05, 3.63) is 40.5 Å². The van der Waals surface area contributed by atoms with Crippen molar-refractivity contribution in [2.75, 3.05) is 13.1 Å². The van der Waals surface area contributed by atoms with Gasteiger partial charge in [0, 0.05) is 47.9 Å². The van der Waals surface area contributed by atoms with Gasteiger partial charge in [-0.15, -0.1) is 0 Å². The molecule has 0 atom stereocenters. The fourth-order valence-corrected chi connectivity index (χ4v) is 4.11. The number of allylic oxidation sites excluding steroid dienone is 1. The molecule has 0 radical (unpaired) electrons. The van der Waals surface area contributed by atoms with Crippen LogP contribution in [0.2, 0.25) is 0 Å². The number of nitrogens with one attached hydrogen (secondary N) is 1. The van der Waals surface area contributed by atoms with Crippen molar-refractivity contribution < 1.29 is 4.79 Å². The Bertz CT molecular complexity index is 860. The number of aromatic nitrogens is 2. The first kappa shape index (κ1) is 22.3. The average Bonchev–Trinajstić information content (AvgIpc) is 3.23. The number of piperidine rings is 1. The molecule has 1 aliphatic carbocycles. The largest absolute Gasteiger partial charge is 0.365 e. The van der Waals surface area contributed by atoms with E-state index in [9.17, 15) is 4.79 Å². The molecule has 2 fully saturated rings. The number of hydrogen-bond acceptors (Lipinski definition) is 4. The molecule has 0 unspecified atom stereocenters. The van der Waals surface area contributed by atoms with E-state index in [1.807, 2.05) is 30.4 Å². The van der Waals surface area contributed by atoms with Crippen LogP contribution in [0.25, 0.3) is 0 Å². The van der Waals surface area contributed by atoms with E-state index in [0.29, 0.717) is 12.0 Å². The zero-order valence-electron chi connectivity index (χ0n) is 19.5. The Morgan fingerprint density at radius 1 is 1.27 bits per heavy atom. The molecule has 164 valence electrons. The number of aliphatic imine (C=N–C) groups is 1. The van der Waals surface area contributed by atoms with Gasteiger partial charge >= 0.3 is 0 Å². The van der Waals surface area contributed by atoms with E-state index < -0.39 is 0 Å². The summed E-state index contributed by atoms with van der Waals surface area (Å²) >= 11 is 0. The summed E-state index contributed by atoms with van der Waals surface area (Å²) in [6.07, 6.45) is 6.20. The predicted molar refractivity (Wildman–Crippen MR) is 123 cm³/mol. The topological polar surface area (TPSA) is 62.5 Å². The number of carbonyl (C=O) groups excluding carboxylic acids is 1. The molecule has 1 amide bonds. The van der Waals surface area contributed by atoms with Crippen molar-refractivity contribution in [3.8, 4) is 0 Å². The van der Waals surface area contributed by atoms with Crippen molar-refractivity contribution in [2.45, 2.75) is 84.7 Å². The van der Waals surface area contributed by atoms with Gasteiger partial charge in [-0.05, 0) is 80.0 Å². The minimum atomic E-state index is 0.0886. The minimum Gasteiger partial charge on any atom is -0.365 e. The SMILES string of the molecule is C=N/C(NC1(C)CC1)=C(\C)C(C(=O)N1CCC(c2ccn(C(C)C)n2)CC1)=C(C)C. The molecule has 2 aliphatic rings. The van der Waals surface area contributed by atoms with Crippen LogP contribution in [-0.2, 0) is 4.79 Å². The van der Waals surface area contributed by atoms with Crippen molar-refractivity contribution >= 4 is 12.6 Å². The molecule has 6 nitrogen and oxygen atoms in total. The maximum atomic E-state index is 13.4. The van der Waals surface area contributed by atoms with Crippen LogP contribution in [0.5, 0.6) is 0 Å². The molecule has 1 aromatic rings. The number of carbonyl (C=O) groups is 1. The van der Waals surface area contributed by atoms with Gasteiger partial charge in [0.2, 0.25) is 0 Å². The number of rotatable bonds is 7. The van der Waals surface area contributed by atoms with E-state index in [2.05, 4.69) is 50.1 Å². The molecule has 2 heterocycles. The lowest BCUT2D eigenvalue weighted by Gasteiger charge is -2.32. The van der Waals surface area contributed by atoms with Crippen LogP contribution in [0.3, 0.4) is 0 Å². The highest BCUT2D eigenvalue weighted by Gasteiger charge is 2.38. The van der Waals surface area contributed by atoms with E-state index in [0.717, 1.165) is 67.0 Å². The quantitative estimate of drug-likeness (QED) is 0.406. The molecule has 1 aliphatic heterocycles.